The van der Waals surface area contributed by atoms with Crippen molar-refractivity contribution in [3.63, 3.8) is 0 Å². The van der Waals surface area contributed by atoms with Crippen molar-refractivity contribution in [2.45, 2.75) is 52.0 Å². The minimum atomic E-state index is 0.806. The van der Waals surface area contributed by atoms with E-state index in [1.807, 2.05) is 0 Å². The maximum atomic E-state index is 3.96. The monoisotopic (exact) mass is 181 g/mol. The van der Waals surface area contributed by atoms with E-state index in [2.05, 4.69) is 25.7 Å². The molecule has 2 unspecified atom stereocenters. The van der Waals surface area contributed by atoms with E-state index in [1.54, 1.807) is 0 Å². The first-order valence-electron chi connectivity index (χ1n) is 5.60. The highest BCUT2D eigenvalue weighted by molar-refractivity contribution is 4.90. The molecule has 0 aromatic heterocycles. The molecule has 1 heteroatoms. The predicted molar refractivity (Wildman–Crippen MR) is 58.9 cm³/mol. The number of allylic oxidation sites excluding steroid dienone is 1. The van der Waals surface area contributed by atoms with Crippen LogP contribution in [0.4, 0.5) is 0 Å². The first-order valence-corrected chi connectivity index (χ1v) is 5.60. The zero-order chi connectivity index (χ0) is 9.68. The van der Waals surface area contributed by atoms with Crippen molar-refractivity contribution < 1.29 is 0 Å². The zero-order valence-electron chi connectivity index (χ0n) is 9.10. The van der Waals surface area contributed by atoms with Gasteiger partial charge in [-0.1, -0.05) is 12.5 Å². The molecule has 1 saturated carbocycles. The highest BCUT2D eigenvalue weighted by Crippen LogP contribution is 2.29. The second-order valence-electron chi connectivity index (χ2n) is 4.43. The fourth-order valence-corrected chi connectivity index (χ4v) is 2.26. The van der Waals surface area contributed by atoms with Crippen LogP contribution in [0.5, 0.6) is 0 Å². The molecule has 0 radical (unpaired) electrons. The Morgan fingerprint density at radius 2 is 2.23 bits per heavy atom. The first-order chi connectivity index (χ1) is 6.22. The fraction of sp³-hybridized carbons (Fsp3) is 0.833. The minimum absolute atomic E-state index is 0.806. The highest BCUT2D eigenvalue weighted by Gasteiger charge is 2.22. The molecule has 1 N–H and O–H groups in total. The molecule has 1 rings (SSSR count). The van der Waals surface area contributed by atoms with E-state index in [9.17, 15) is 0 Å². The van der Waals surface area contributed by atoms with Crippen LogP contribution in [-0.2, 0) is 0 Å². The molecule has 76 valence electrons. The summed E-state index contributed by atoms with van der Waals surface area (Å²) in [6.45, 7) is 9.41. The fourth-order valence-electron chi connectivity index (χ4n) is 2.26. The molecule has 0 saturated heterocycles. The van der Waals surface area contributed by atoms with Gasteiger partial charge in [-0.2, -0.15) is 0 Å². The van der Waals surface area contributed by atoms with E-state index in [4.69, 9.17) is 0 Å². The second-order valence-corrected chi connectivity index (χ2v) is 4.43. The lowest BCUT2D eigenvalue weighted by Crippen LogP contribution is -2.25. The normalized spacial score (nSPS) is 27.8. The summed E-state index contributed by atoms with van der Waals surface area (Å²) >= 11 is 0. The van der Waals surface area contributed by atoms with E-state index >= 15 is 0 Å². The maximum Gasteiger partial charge on any atom is 0.00696 e. The smallest absolute Gasteiger partial charge is 0.00696 e. The Morgan fingerprint density at radius 3 is 2.85 bits per heavy atom. The van der Waals surface area contributed by atoms with E-state index in [1.165, 1.54) is 37.7 Å². The average Bonchev–Trinajstić information content (AvgIpc) is 2.50. The van der Waals surface area contributed by atoms with E-state index < -0.39 is 0 Å². The Morgan fingerprint density at radius 1 is 1.46 bits per heavy atom. The van der Waals surface area contributed by atoms with E-state index in [0.717, 1.165) is 18.5 Å². The Balaban J connectivity index is 2.13. The van der Waals surface area contributed by atoms with Crippen molar-refractivity contribution in [2.75, 3.05) is 6.54 Å². The molecular weight excluding hydrogens is 158 g/mol. The topological polar surface area (TPSA) is 12.0 Å². The van der Waals surface area contributed by atoms with Crippen LogP contribution in [0.15, 0.2) is 12.2 Å². The van der Waals surface area contributed by atoms with Crippen LogP contribution in [0.3, 0.4) is 0 Å². The summed E-state index contributed by atoms with van der Waals surface area (Å²) in [5.74, 6) is 0.959. The Hall–Kier alpha value is -0.300. The first kappa shape index (κ1) is 10.8. The van der Waals surface area contributed by atoms with Gasteiger partial charge in [0.1, 0.15) is 0 Å². The Labute approximate surface area is 82.6 Å². The van der Waals surface area contributed by atoms with Crippen molar-refractivity contribution in [2.24, 2.45) is 5.92 Å². The molecule has 1 aliphatic rings. The Kier molecular flexibility index (Phi) is 4.51. The standard InChI is InChI=1S/C12H23N/c1-4-13-12-8-7-11(9-12)6-5-10(2)3/h11-13H,2,4-9H2,1,3H3. The summed E-state index contributed by atoms with van der Waals surface area (Å²) in [4.78, 5) is 0. The summed E-state index contributed by atoms with van der Waals surface area (Å²) in [7, 11) is 0. The summed E-state index contributed by atoms with van der Waals surface area (Å²) in [6, 6.07) is 0.806. The molecular formula is C12H23N. The van der Waals surface area contributed by atoms with Gasteiger partial charge in [-0.25, -0.2) is 0 Å². The van der Waals surface area contributed by atoms with Gasteiger partial charge in [-0.15, -0.1) is 6.58 Å². The van der Waals surface area contributed by atoms with Gasteiger partial charge in [0, 0.05) is 6.04 Å². The molecule has 2 atom stereocenters. The quantitative estimate of drug-likeness (QED) is 0.643. The number of nitrogens with one attached hydrogen (secondary N) is 1. The third kappa shape index (κ3) is 3.95. The summed E-state index contributed by atoms with van der Waals surface area (Å²) in [5.41, 5.74) is 1.34. The van der Waals surface area contributed by atoms with Crippen molar-refractivity contribution in [3.8, 4) is 0 Å². The molecule has 0 amide bonds. The van der Waals surface area contributed by atoms with Gasteiger partial charge in [0.05, 0.1) is 0 Å². The summed E-state index contributed by atoms with van der Waals surface area (Å²) in [5, 5.41) is 3.54. The number of hydrogen-bond acceptors (Lipinski definition) is 1. The van der Waals surface area contributed by atoms with Gasteiger partial charge < -0.3 is 5.32 Å². The average molecular weight is 181 g/mol. The molecule has 0 spiro atoms. The molecule has 0 aromatic rings. The molecule has 0 heterocycles. The molecule has 13 heavy (non-hydrogen) atoms. The maximum absolute atomic E-state index is 3.96. The van der Waals surface area contributed by atoms with Crippen LogP contribution in [-0.4, -0.2) is 12.6 Å². The van der Waals surface area contributed by atoms with Gasteiger partial charge >= 0.3 is 0 Å². The van der Waals surface area contributed by atoms with Crippen molar-refractivity contribution in [3.05, 3.63) is 12.2 Å². The van der Waals surface area contributed by atoms with Crippen molar-refractivity contribution >= 4 is 0 Å². The van der Waals surface area contributed by atoms with Gasteiger partial charge in [-0.05, 0) is 51.5 Å². The van der Waals surface area contributed by atoms with Gasteiger partial charge in [0.15, 0.2) is 0 Å². The van der Waals surface area contributed by atoms with Gasteiger partial charge in [-0.3, -0.25) is 0 Å². The lowest BCUT2D eigenvalue weighted by molar-refractivity contribution is 0.469. The number of hydrogen-bond donors (Lipinski definition) is 1. The zero-order valence-corrected chi connectivity index (χ0v) is 9.10. The summed E-state index contributed by atoms with van der Waals surface area (Å²) < 4.78 is 0. The van der Waals surface area contributed by atoms with E-state index in [0.29, 0.717) is 0 Å². The lowest BCUT2D eigenvalue weighted by atomic mass is 9.99. The highest BCUT2D eigenvalue weighted by atomic mass is 14.9. The van der Waals surface area contributed by atoms with Crippen LogP contribution in [0.25, 0.3) is 0 Å². The van der Waals surface area contributed by atoms with Crippen LogP contribution < -0.4 is 5.32 Å². The largest absolute Gasteiger partial charge is 0.314 e. The molecule has 1 aliphatic carbocycles. The third-order valence-electron chi connectivity index (χ3n) is 3.01. The third-order valence-corrected chi connectivity index (χ3v) is 3.01. The predicted octanol–water partition coefficient (Wildman–Crippen LogP) is 3.12. The van der Waals surface area contributed by atoms with E-state index in [-0.39, 0.29) is 0 Å². The van der Waals surface area contributed by atoms with Crippen LogP contribution in [0.1, 0.15) is 46.0 Å². The lowest BCUT2D eigenvalue weighted by Gasteiger charge is -2.11. The molecule has 0 aliphatic heterocycles. The minimum Gasteiger partial charge on any atom is -0.314 e. The SMILES string of the molecule is C=C(C)CCC1CCC(NCC)C1. The second kappa shape index (κ2) is 5.43. The van der Waals surface area contributed by atoms with Gasteiger partial charge in [0.2, 0.25) is 0 Å². The molecule has 1 nitrogen and oxygen atoms in total. The van der Waals surface area contributed by atoms with Crippen LogP contribution >= 0.6 is 0 Å². The number of rotatable bonds is 5. The molecule has 1 fully saturated rings. The van der Waals surface area contributed by atoms with Crippen molar-refractivity contribution in [1.82, 2.24) is 5.32 Å². The summed E-state index contributed by atoms with van der Waals surface area (Å²) in [6.07, 6.45) is 6.78. The van der Waals surface area contributed by atoms with Crippen molar-refractivity contribution in [1.29, 1.82) is 0 Å². The van der Waals surface area contributed by atoms with Gasteiger partial charge in [0.25, 0.3) is 0 Å². The molecule has 0 aromatic carbocycles. The Bertz CT molecular complexity index is 163. The molecule has 0 bridgehead atoms. The van der Waals surface area contributed by atoms with Crippen LogP contribution in [0, 0.1) is 5.92 Å². The van der Waals surface area contributed by atoms with Crippen LogP contribution in [0.2, 0.25) is 0 Å².